The van der Waals surface area contributed by atoms with Crippen molar-refractivity contribution in [3.8, 4) is 0 Å². The van der Waals surface area contributed by atoms with E-state index in [-0.39, 0.29) is 11.2 Å². The molecule has 1 aliphatic heterocycles. The SMILES string of the molecule is NCC1(Cc2ccccc2F)CCCOC1. The van der Waals surface area contributed by atoms with Gasteiger partial charge < -0.3 is 10.5 Å². The molecule has 3 heteroatoms. The van der Waals surface area contributed by atoms with Gasteiger partial charge in [-0.05, 0) is 30.9 Å². The molecule has 0 amide bonds. The lowest BCUT2D eigenvalue weighted by molar-refractivity contribution is -0.00301. The fraction of sp³-hybridized carbons (Fsp3) is 0.538. The van der Waals surface area contributed by atoms with Crippen LogP contribution in [-0.4, -0.2) is 19.8 Å². The number of ether oxygens (including phenoxy) is 1. The maximum absolute atomic E-state index is 13.6. The van der Waals surface area contributed by atoms with Crippen LogP contribution in [0.4, 0.5) is 4.39 Å². The molecule has 0 bridgehead atoms. The van der Waals surface area contributed by atoms with Crippen molar-refractivity contribution in [1.82, 2.24) is 0 Å². The molecule has 0 saturated carbocycles. The van der Waals surface area contributed by atoms with Crippen LogP contribution in [0, 0.1) is 11.2 Å². The molecule has 0 aliphatic carbocycles. The molecule has 16 heavy (non-hydrogen) atoms. The molecule has 1 unspecified atom stereocenters. The Morgan fingerprint density at radius 1 is 1.38 bits per heavy atom. The molecular formula is C13H18FNO. The van der Waals surface area contributed by atoms with E-state index in [2.05, 4.69) is 0 Å². The summed E-state index contributed by atoms with van der Waals surface area (Å²) in [5.74, 6) is -0.138. The van der Waals surface area contributed by atoms with Gasteiger partial charge in [-0.25, -0.2) is 4.39 Å². The lowest BCUT2D eigenvalue weighted by Crippen LogP contribution is -2.40. The van der Waals surface area contributed by atoms with Crippen molar-refractivity contribution in [2.45, 2.75) is 19.3 Å². The Hall–Kier alpha value is -0.930. The monoisotopic (exact) mass is 223 g/mol. The number of benzene rings is 1. The third kappa shape index (κ3) is 2.42. The van der Waals surface area contributed by atoms with Crippen LogP contribution in [0.2, 0.25) is 0 Å². The van der Waals surface area contributed by atoms with Gasteiger partial charge in [-0.15, -0.1) is 0 Å². The molecule has 1 aromatic rings. The maximum atomic E-state index is 13.6. The first-order chi connectivity index (χ1) is 7.76. The van der Waals surface area contributed by atoms with Gasteiger partial charge in [0.1, 0.15) is 5.82 Å². The van der Waals surface area contributed by atoms with Gasteiger partial charge in [0.15, 0.2) is 0 Å². The highest BCUT2D eigenvalue weighted by Crippen LogP contribution is 2.32. The van der Waals surface area contributed by atoms with E-state index < -0.39 is 0 Å². The Kier molecular flexibility index (Phi) is 3.56. The molecular weight excluding hydrogens is 205 g/mol. The van der Waals surface area contributed by atoms with Crippen LogP contribution >= 0.6 is 0 Å². The number of rotatable bonds is 3. The van der Waals surface area contributed by atoms with Crippen molar-refractivity contribution in [3.05, 3.63) is 35.6 Å². The van der Waals surface area contributed by atoms with Crippen LogP contribution < -0.4 is 5.73 Å². The Morgan fingerprint density at radius 2 is 2.19 bits per heavy atom. The summed E-state index contributed by atoms with van der Waals surface area (Å²) in [7, 11) is 0. The zero-order valence-electron chi connectivity index (χ0n) is 9.42. The van der Waals surface area contributed by atoms with Gasteiger partial charge in [-0.3, -0.25) is 0 Å². The second-order valence-electron chi connectivity index (χ2n) is 4.63. The summed E-state index contributed by atoms with van der Waals surface area (Å²) < 4.78 is 19.1. The fourth-order valence-electron chi connectivity index (χ4n) is 2.33. The van der Waals surface area contributed by atoms with E-state index >= 15 is 0 Å². The number of halogens is 1. The lowest BCUT2D eigenvalue weighted by atomic mass is 9.77. The van der Waals surface area contributed by atoms with Crippen molar-refractivity contribution in [3.63, 3.8) is 0 Å². The highest BCUT2D eigenvalue weighted by Gasteiger charge is 2.32. The predicted molar refractivity (Wildman–Crippen MR) is 61.6 cm³/mol. The summed E-state index contributed by atoms with van der Waals surface area (Å²) in [6.45, 7) is 2.01. The van der Waals surface area contributed by atoms with E-state index in [0.29, 0.717) is 19.6 Å². The average molecular weight is 223 g/mol. The van der Waals surface area contributed by atoms with Gasteiger partial charge >= 0.3 is 0 Å². The van der Waals surface area contributed by atoms with Gasteiger partial charge in [-0.2, -0.15) is 0 Å². The molecule has 1 saturated heterocycles. The molecule has 0 radical (unpaired) electrons. The summed E-state index contributed by atoms with van der Waals surface area (Å²) >= 11 is 0. The molecule has 1 aliphatic rings. The third-order valence-electron chi connectivity index (χ3n) is 3.36. The Labute approximate surface area is 95.6 Å². The van der Waals surface area contributed by atoms with E-state index in [1.54, 1.807) is 6.07 Å². The van der Waals surface area contributed by atoms with Crippen molar-refractivity contribution < 1.29 is 9.13 Å². The highest BCUT2D eigenvalue weighted by atomic mass is 19.1. The van der Waals surface area contributed by atoms with Crippen LogP contribution in [0.25, 0.3) is 0 Å². The summed E-state index contributed by atoms with van der Waals surface area (Å²) in [6.07, 6.45) is 2.72. The van der Waals surface area contributed by atoms with Gasteiger partial charge in [0.2, 0.25) is 0 Å². The van der Waals surface area contributed by atoms with Gasteiger partial charge in [-0.1, -0.05) is 18.2 Å². The molecule has 0 aromatic heterocycles. The molecule has 1 aromatic carbocycles. The number of hydrogen-bond donors (Lipinski definition) is 1. The largest absolute Gasteiger partial charge is 0.381 e. The predicted octanol–water partition coefficient (Wildman–Crippen LogP) is 2.12. The Morgan fingerprint density at radius 3 is 2.81 bits per heavy atom. The second-order valence-corrected chi connectivity index (χ2v) is 4.63. The quantitative estimate of drug-likeness (QED) is 0.852. The van der Waals surface area contributed by atoms with Crippen molar-refractivity contribution in [1.29, 1.82) is 0 Å². The summed E-state index contributed by atoms with van der Waals surface area (Å²) in [4.78, 5) is 0. The number of hydrogen-bond acceptors (Lipinski definition) is 2. The van der Waals surface area contributed by atoms with E-state index in [1.165, 1.54) is 6.07 Å². The molecule has 1 heterocycles. The summed E-state index contributed by atoms with van der Waals surface area (Å²) in [6, 6.07) is 6.92. The topological polar surface area (TPSA) is 35.2 Å². The van der Waals surface area contributed by atoms with E-state index in [4.69, 9.17) is 10.5 Å². The zero-order chi connectivity index (χ0) is 11.4. The van der Waals surface area contributed by atoms with Crippen molar-refractivity contribution in [2.75, 3.05) is 19.8 Å². The van der Waals surface area contributed by atoms with E-state index in [9.17, 15) is 4.39 Å². The first-order valence-electron chi connectivity index (χ1n) is 5.77. The maximum Gasteiger partial charge on any atom is 0.126 e. The van der Waals surface area contributed by atoms with Crippen molar-refractivity contribution >= 4 is 0 Å². The average Bonchev–Trinajstić information content (AvgIpc) is 2.33. The summed E-state index contributed by atoms with van der Waals surface area (Å²) in [5, 5.41) is 0. The normalized spacial score (nSPS) is 25.6. The van der Waals surface area contributed by atoms with Gasteiger partial charge in [0, 0.05) is 18.6 Å². The smallest absolute Gasteiger partial charge is 0.126 e. The second kappa shape index (κ2) is 4.93. The Balaban J connectivity index is 2.15. The molecule has 2 N–H and O–H groups in total. The number of nitrogens with two attached hydrogens (primary N) is 1. The first-order valence-corrected chi connectivity index (χ1v) is 5.77. The van der Waals surface area contributed by atoms with Crippen molar-refractivity contribution in [2.24, 2.45) is 11.1 Å². The van der Waals surface area contributed by atoms with E-state index in [1.807, 2.05) is 12.1 Å². The molecule has 1 fully saturated rings. The van der Waals surface area contributed by atoms with Crippen LogP contribution in [0.1, 0.15) is 18.4 Å². The van der Waals surface area contributed by atoms with Crippen LogP contribution in [0.15, 0.2) is 24.3 Å². The minimum atomic E-state index is -0.138. The molecule has 2 rings (SSSR count). The fourth-order valence-corrected chi connectivity index (χ4v) is 2.33. The minimum absolute atomic E-state index is 0.0690. The van der Waals surface area contributed by atoms with Crippen LogP contribution in [-0.2, 0) is 11.2 Å². The zero-order valence-corrected chi connectivity index (χ0v) is 9.42. The molecule has 2 nitrogen and oxygen atoms in total. The lowest BCUT2D eigenvalue weighted by Gasteiger charge is -2.36. The first kappa shape index (κ1) is 11.6. The molecule has 88 valence electrons. The highest BCUT2D eigenvalue weighted by molar-refractivity contribution is 5.19. The molecule has 0 spiro atoms. The summed E-state index contributed by atoms with van der Waals surface area (Å²) in [5.41, 5.74) is 6.51. The third-order valence-corrected chi connectivity index (χ3v) is 3.36. The minimum Gasteiger partial charge on any atom is -0.381 e. The van der Waals surface area contributed by atoms with Gasteiger partial charge in [0.05, 0.1) is 6.61 Å². The Bertz CT molecular complexity index is 348. The molecule has 1 atom stereocenters. The van der Waals surface area contributed by atoms with E-state index in [0.717, 1.165) is 25.0 Å². The van der Waals surface area contributed by atoms with Gasteiger partial charge in [0.25, 0.3) is 0 Å². The standard InChI is InChI=1S/C13H18FNO/c14-12-5-2-1-4-11(12)8-13(9-15)6-3-7-16-10-13/h1-2,4-5H,3,6-10,15H2. The van der Waals surface area contributed by atoms with Crippen LogP contribution in [0.5, 0.6) is 0 Å². The van der Waals surface area contributed by atoms with Crippen LogP contribution in [0.3, 0.4) is 0 Å².